The molecular formula is C7H14O2. The Bertz CT molecular complexity index is 79.0. The summed E-state index contributed by atoms with van der Waals surface area (Å²) in [4.78, 5) is 0. The Balaban J connectivity index is 1.95. The van der Waals surface area contributed by atoms with E-state index < -0.39 is 0 Å². The van der Waals surface area contributed by atoms with Crippen molar-refractivity contribution in [2.75, 3.05) is 6.61 Å². The average Bonchev–Trinajstić information content (AvgIpc) is 2.50. The van der Waals surface area contributed by atoms with Crippen molar-refractivity contribution < 1.29 is 9.84 Å². The number of aliphatic hydroxyl groups is 1. The lowest BCUT2D eigenvalue weighted by atomic mass is 10.1. The van der Waals surface area contributed by atoms with Gasteiger partial charge < -0.3 is 9.84 Å². The van der Waals surface area contributed by atoms with Crippen LogP contribution in [-0.4, -0.2) is 23.9 Å². The first-order valence-electron chi connectivity index (χ1n) is 3.62. The molecule has 1 N–H and O–H groups in total. The summed E-state index contributed by atoms with van der Waals surface area (Å²) in [6.07, 6.45) is 3.08. The first-order chi connectivity index (χ1) is 4.33. The highest BCUT2D eigenvalue weighted by molar-refractivity contribution is 4.72. The van der Waals surface area contributed by atoms with E-state index in [1.807, 2.05) is 0 Å². The maximum Gasteiger partial charge on any atom is 0.0834 e. The Hall–Kier alpha value is -0.0800. The number of ether oxygens (including phenoxy) is 1. The molecule has 1 aliphatic rings. The standard InChI is InChI=1S/C7H14O2/c1-2-3-6(8)4-7-5-9-7/h6-8H,2-5H2,1H3. The van der Waals surface area contributed by atoms with Crippen molar-refractivity contribution in [2.45, 2.75) is 38.4 Å². The summed E-state index contributed by atoms with van der Waals surface area (Å²) in [5.74, 6) is 0. The molecule has 0 aromatic carbocycles. The van der Waals surface area contributed by atoms with Gasteiger partial charge in [-0.1, -0.05) is 13.3 Å². The van der Waals surface area contributed by atoms with Crippen molar-refractivity contribution in [1.82, 2.24) is 0 Å². The van der Waals surface area contributed by atoms with E-state index in [0.29, 0.717) is 6.10 Å². The van der Waals surface area contributed by atoms with Crippen LogP contribution in [0.5, 0.6) is 0 Å². The van der Waals surface area contributed by atoms with Crippen LogP contribution in [0.25, 0.3) is 0 Å². The van der Waals surface area contributed by atoms with Crippen LogP contribution >= 0.6 is 0 Å². The van der Waals surface area contributed by atoms with Gasteiger partial charge in [-0.3, -0.25) is 0 Å². The molecule has 1 aliphatic heterocycles. The molecule has 9 heavy (non-hydrogen) atoms. The summed E-state index contributed by atoms with van der Waals surface area (Å²) < 4.78 is 4.97. The summed E-state index contributed by atoms with van der Waals surface area (Å²) in [5.41, 5.74) is 0. The van der Waals surface area contributed by atoms with Crippen LogP contribution < -0.4 is 0 Å². The molecule has 0 aliphatic carbocycles. The van der Waals surface area contributed by atoms with Gasteiger partial charge in [-0.15, -0.1) is 0 Å². The predicted octanol–water partition coefficient (Wildman–Crippen LogP) is 0.936. The zero-order valence-corrected chi connectivity index (χ0v) is 5.84. The second-order valence-corrected chi connectivity index (χ2v) is 2.63. The van der Waals surface area contributed by atoms with Gasteiger partial charge in [-0.25, -0.2) is 0 Å². The van der Waals surface area contributed by atoms with E-state index in [1.165, 1.54) is 0 Å². The zero-order chi connectivity index (χ0) is 6.69. The van der Waals surface area contributed by atoms with Gasteiger partial charge in [0.15, 0.2) is 0 Å². The van der Waals surface area contributed by atoms with Gasteiger partial charge in [-0.05, 0) is 6.42 Å². The van der Waals surface area contributed by atoms with Gasteiger partial charge in [0.1, 0.15) is 0 Å². The Morgan fingerprint density at radius 2 is 2.44 bits per heavy atom. The summed E-state index contributed by atoms with van der Waals surface area (Å²) in [5, 5.41) is 9.18. The lowest BCUT2D eigenvalue weighted by Gasteiger charge is -2.04. The minimum Gasteiger partial charge on any atom is -0.393 e. The Morgan fingerprint density at radius 3 is 2.89 bits per heavy atom. The van der Waals surface area contributed by atoms with Crippen LogP contribution in [-0.2, 0) is 4.74 Å². The van der Waals surface area contributed by atoms with Crippen molar-refractivity contribution in [1.29, 1.82) is 0 Å². The van der Waals surface area contributed by atoms with Gasteiger partial charge >= 0.3 is 0 Å². The third kappa shape index (κ3) is 2.82. The average molecular weight is 130 g/mol. The lowest BCUT2D eigenvalue weighted by Crippen LogP contribution is -2.08. The van der Waals surface area contributed by atoms with Gasteiger partial charge in [0.2, 0.25) is 0 Å². The minimum absolute atomic E-state index is 0.123. The molecule has 2 heteroatoms. The Kier molecular flexibility index (Phi) is 2.49. The molecule has 0 aromatic rings. The van der Waals surface area contributed by atoms with E-state index in [1.54, 1.807) is 0 Å². The molecule has 2 atom stereocenters. The summed E-state index contributed by atoms with van der Waals surface area (Å²) >= 11 is 0. The summed E-state index contributed by atoms with van der Waals surface area (Å²) in [6, 6.07) is 0. The molecule has 0 bridgehead atoms. The number of aliphatic hydroxyl groups excluding tert-OH is 1. The molecular weight excluding hydrogens is 116 g/mol. The molecule has 1 heterocycles. The van der Waals surface area contributed by atoms with Crippen molar-refractivity contribution in [2.24, 2.45) is 0 Å². The Morgan fingerprint density at radius 1 is 1.78 bits per heavy atom. The molecule has 2 unspecified atom stereocenters. The third-order valence-corrected chi connectivity index (χ3v) is 1.56. The highest BCUT2D eigenvalue weighted by atomic mass is 16.6. The fourth-order valence-electron chi connectivity index (χ4n) is 0.959. The first kappa shape index (κ1) is 7.03. The second kappa shape index (κ2) is 3.18. The smallest absolute Gasteiger partial charge is 0.0834 e. The van der Waals surface area contributed by atoms with Crippen molar-refractivity contribution in [3.05, 3.63) is 0 Å². The monoisotopic (exact) mass is 130 g/mol. The van der Waals surface area contributed by atoms with E-state index in [-0.39, 0.29) is 6.10 Å². The van der Waals surface area contributed by atoms with Crippen LogP contribution in [0.4, 0.5) is 0 Å². The van der Waals surface area contributed by atoms with Gasteiger partial charge in [0, 0.05) is 6.42 Å². The number of rotatable bonds is 4. The third-order valence-electron chi connectivity index (χ3n) is 1.56. The predicted molar refractivity (Wildman–Crippen MR) is 35.3 cm³/mol. The van der Waals surface area contributed by atoms with Crippen molar-refractivity contribution in [3.8, 4) is 0 Å². The number of epoxide rings is 1. The second-order valence-electron chi connectivity index (χ2n) is 2.63. The van der Waals surface area contributed by atoms with E-state index in [0.717, 1.165) is 25.9 Å². The van der Waals surface area contributed by atoms with Crippen molar-refractivity contribution in [3.63, 3.8) is 0 Å². The zero-order valence-electron chi connectivity index (χ0n) is 5.84. The van der Waals surface area contributed by atoms with Crippen LogP contribution in [0.2, 0.25) is 0 Å². The minimum atomic E-state index is -0.123. The number of hydrogen-bond donors (Lipinski definition) is 1. The lowest BCUT2D eigenvalue weighted by molar-refractivity contribution is 0.142. The molecule has 0 amide bonds. The molecule has 54 valence electrons. The van der Waals surface area contributed by atoms with E-state index in [2.05, 4.69) is 6.92 Å². The maximum absolute atomic E-state index is 9.18. The molecule has 0 saturated carbocycles. The fraction of sp³-hybridized carbons (Fsp3) is 1.00. The van der Waals surface area contributed by atoms with Crippen LogP contribution in [0.15, 0.2) is 0 Å². The molecule has 0 spiro atoms. The largest absolute Gasteiger partial charge is 0.393 e. The SMILES string of the molecule is CCCC(O)CC1CO1. The summed E-state index contributed by atoms with van der Waals surface area (Å²) in [7, 11) is 0. The van der Waals surface area contributed by atoms with Crippen LogP contribution in [0.3, 0.4) is 0 Å². The normalized spacial score (nSPS) is 28.0. The van der Waals surface area contributed by atoms with Crippen LogP contribution in [0.1, 0.15) is 26.2 Å². The van der Waals surface area contributed by atoms with E-state index in [4.69, 9.17) is 4.74 Å². The fourth-order valence-corrected chi connectivity index (χ4v) is 0.959. The van der Waals surface area contributed by atoms with Crippen molar-refractivity contribution >= 4 is 0 Å². The first-order valence-corrected chi connectivity index (χ1v) is 3.62. The van der Waals surface area contributed by atoms with Gasteiger partial charge in [-0.2, -0.15) is 0 Å². The van der Waals surface area contributed by atoms with Gasteiger partial charge in [0.25, 0.3) is 0 Å². The quantitative estimate of drug-likeness (QED) is 0.574. The Labute approximate surface area is 55.8 Å². The molecule has 0 aromatic heterocycles. The van der Waals surface area contributed by atoms with Gasteiger partial charge in [0.05, 0.1) is 18.8 Å². The highest BCUT2D eigenvalue weighted by Crippen LogP contribution is 2.17. The summed E-state index contributed by atoms with van der Waals surface area (Å²) in [6.45, 7) is 2.94. The molecule has 0 radical (unpaired) electrons. The molecule has 1 fully saturated rings. The number of hydrogen-bond acceptors (Lipinski definition) is 2. The van der Waals surface area contributed by atoms with E-state index in [9.17, 15) is 5.11 Å². The van der Waals surface area contributed by atoms with E-state index >= 15 is 0 Å². The topological polar surface area (TPSA) is 32.8 Å². The van der Waals surface area contributed by atoms with Crippen LogP contribution in [0, 0.1) is 0 Å². The molecule has 1 rings (SSSR count). The molecule has 1 saturated heterocycles. The highest BCUT2D eigenvalue weighted by Gasteiger charge is 2.24. The molecule has 2 nitrogen and oxygen atoms in total. The maximum atomic E-state index is 9.18.